The molecule has 1 aromatic carbocycles. The number of hydrogen-bond donors (Lipinski definition) is 4. The summed E-state index contributed by atoms with van der Waals surface area (Å²) < 4.78 is 12.3. The van der Waals surface area contributed by atoms with Crippen molar-refractivity contribution in [1.82, 2.24) is 9.88 Å². The highest BCUT2D eigenvalue weighted by molar-refractivity contribution is 6.27. The Balaban J connectivity index is 0.000000431. The van der Waals surface area contributed by atoms with Crippen LogP contribution in [0.4, 0.5) is 0 Å². The molecular formula is C26H32N2O7. The molecule has 35 heavy (non-hydrogen) atoms. The Morgan fingerprint density at radius 1 is 1.20 bits per heavy atom. The quantitative estimate of drug-likeness (QED) is 0.477. The molecule has 9 heteroatoms. The number of aromatic nitrogens is 1. The van der Waals surface area contributed by atoms with Crippen molar-refractivity contribution in [1.29, 1.82) is 0 Å². The van der Waals surface area contributed by atoms with Crippen molar-refractivity contribution < 1.29 is 34.4 Å². The maximum Gasteiger partial charge on any atom is 0.414 e. The topological polar surface area (TPSA) is 132 Å². The predicted octanol–water partition coefficient (Wildman–Crippen LogP) is 2.82. The number of fused-ring (bicyclic) bond motifs is 3. The molecule has 2 aliphatic heterocycles. The summed E-state index contributed by atoms with van der Waals surface area (Å²) in [6.45, 7) is 3.73. The molecule has 3 heterocycles. The maximum atomic E-state index is 10.5. The fourth-order valence-electron chi connectivity index (χ4n) is 5.20. The first-order chi connectivity index (χ1) is 16.9. The molecule has 0 amide bonds. The van der Waals surface area contributed by atoms with Crippen LogP contribution in [0, 0.1) is 5.92 Å². The van der Waals surface area contributed by atoms with Crippen molar-refractivity contribution in [2.75, 3.05) is 32.8 Å². The van der Waals surface area contributed by atoms with E-state index in [0.29, 0.717) is 19.1 Å². The van der Waals surface area contributed by atoms with Gasteiger partial charge in [-0.05, 0) is 55.4 Å². The molecule has 0 saturated carbocycles. The number of allylic oxidation sites excluding steroid dienone is 3. The minimum absolute atomic E-state index is 0.0739. The lowest BCUT2D eigenvalue weighted by Gasteiger charge is -2.49. The molecule has 1 unspecified atom stereocenters. The zero-order valence-corrected chi connectivity index (χ0v) is 19.6. The number of nitrogens with one attached hydrogen (secondary N) is 1. The van der Waals surface area contributed by atoms with Gasteiger partial charge in [-0.1, -0.05) is 24.3 Å². The molecule has 1 spiro atoms. The van der Waals surface area contributed by atoms with Crippen molar-refractivity contribution in [3.8, 4) is 5.75 Å². The summed E-state index contributed by atoms with van der Waals surface area (Å²) in [5, 5.41) is 26.4. The number of H-pyrrole nitrogens is 1. The van der Waals surface area contributed by atoms with E-state index in [2.05, 4.69) is 28.1 Å². The van der Waals surface area contributed by atoms with Crippen LogP contribution in [0.25, 0.3) is 10.9 Å². The first-order valence-electron chi connectivity index (χ1n) is 11.9. The number of carbonyl (C=O) groups is 2. The molecule has 188 valence electrons. The summed E-state index contributed by atoms with van der Waals surface area (Å²) in [7, 11) is 0. The average Bonchev–Trinajstić information content (AvgIpc) is 3.35. The number of ether oxygens (including phenoxy) is 2. The van der Waals surface area contributed by atoms with Gasteiger partial charge in [0.05, 0.1) is 5.60 Å². The van der Waals surface area contributed by atoms with Gasteiger partial charge in [0.2, 0.25) is 0 Å². The number of carboxylic acids is 2. The van der Waals surface area contributed by atoms with Crippen molar-refractivity contribution >= 4 is 22.8 Å². The molecule has 3 aliphatic rings. The van der Waals surface area contributed by atoms with Crippen molar-refractivity contribution in [2.45, 2.75) is 37.4 Å². The molecule has 9 nitrogen and oxygen atoms in total. The predicted molar refractivity (Wildman–Crippen MR) is 129 cm³/mol. The summed E-state index contributed by atoms with van der Waals surface area (Å²) >= 11 is 0. The van der Waals surface area contributed by atoms with Gasteiger partial charge in [-0.25, -0.2) is 9.59 Å². The van der Waals surface area contributed by atoms with Crippen LogP contribution < -0.4 is 4.74 Å². The minimum atomic E-state index is -1.82. The Kier molecular flexibility index (Phi) is 7.90. The zero-order chi connectivity index (χ0) is 24.8. The van der Waals surface area contributed by atoms with Gasteiger partial charge in [0, 0.05) is 43.3 Å². The number of likely N-dealkylation sites (tertiary alicyclic amines) is 1. The van der Waals surface area contributed by atoms with Crippen LogP contribution in [-0.2, 0) is 14.3 Å². The largest absolute Gasteiger partial charge is 0.490 e. The third kappa shape index (κ3) is 5.93. The Labute approximate surface area is 203 Å². The molecule has 1 aliphatic carbocycles. The van der Waals surface area contributed by atoms with E-state index in [1.54, 1.807) is 0 Å². The van der Waals surface area contributed by atoms with Gasteiger partial charge in [-0.3, -0.25) is 0 Å². The van der Waals surface area contributed by atoms with Crippen LogP contribution in [0.2, 0.25) is 0 Å². The van der Waals surface area contributed by atoms with Crippen LogP contribution >= 0.6 is 0 Å². The fourth-order valence-corrected chi connectivity index (χ4v) is 5.20. The Morgan fingerprint density at radius 2 is 1.97 bits per heavy atom. The SMILES string of the molecule is O=C(O)C(=O)O.O[C@H](COc1cccc2[nH]ccc12)CN1CCC2(CC1)OCCC1CC=CC=C12. The van der Waals surface area contributed by atoms with E-state index in [4.69, 9.17) is 29.3 Å². The molecule has 2 aromatic rings. The van der Waals surface area contributed by atoms with Crippen LogP contribution in [0.15, 0.2) is 54.3 Å². The highest BCUT2D eigenvalue weighted by Gasteiger charge is 2.44. The first kappa shape index (κ1) is 25.0. The molecule has 0 radical (unpaired) electrons. The molecular weight excluding hydrogens is 452 g/mol. The van der Waals surface area contributed by atoms with Crippen molar-refractivity contribution in [2.24, 2.45) is 5.92 Å². The van der Waals surface area contributed by atoms with E-state index in [0.717, 1.165) is 62.0 Å². The summed E-state index contributed by atoms with van der Waals surface area (Å²) in [5.41, 5.74) is 2.49. The summed E-state index contributed by atoms with van der Waals surface area (Å²) in [6.07, 6.45) is 12.5. The van der Waals surface area contributed by atoms with Gasteiger partial charge in [-0.15, -0.1) is 0 Å². The second-order valence-corrected chi connectivity index (χ2v) is 9.19. The van der Waals surface area contributed by atoms with Crippen LogP contribution in [0.3, 0.4) is 0 Å². The lowest BCUT2D eigenvalue weighted by molar-refractivity contribution is -0.159. The maximum absolute atomic E-state index is 10.5. The highest BCUT2D eigenvalue weighted by Crippen LogP contribution is 2.44. The average molecular weight is 485 g/mol. The Hall–Kier alpha value is -3.14. The number of aliphatic hydroxyl groups is 1. The Morgan fingerprint density at radius 3 is 2.71 bits per heavy atom. The highest BCUT2D eigenvalue weighted by atomic mass is 16.5. The number of β-amino-alcohol motifs (C(OH)–C–C–N with tert-alkyl or cyclic N) is 1. The van der Waals surface area contributed by atoms with E-state index in [1.807, 2.05) is 30.5 Å². The number of nitrogens with zero attached hydrogens (tertiary/aromatic N) is 1. The zero-order valence-electron chi connectivity index (χ0n) is 19.6. The summed E-state index contributed by atoms with van der Waals surface area (Å²) in [5.74, 6) is -2.17. The summed E-state index contributed by atoms with van der Waals surface area (Å²) in [4.78, 5) is 23.7. The number of rotatable bonds is 5. The third-order valence-corrected chi connectivity index (χ3v) is 6.94. The van der Waals surface area contributed by atoms with Gasteiger partial charge in [-0.2, -0.15) is 0 Å². The van der Waals surface area contributed by atoms with Gasteiger partial charge in [0.25, 0.3) is 0 Å². The number of aromatic amines is 1. The normalized spacial score (nSPS) is 22.0. The number of hydrogen-bond acceptors (Lipinski definition) is 6. The fraction of sp³-hybridized carbons (Fsp3) is 0.462. The van der Waals surface area contributed by atoms with Crippen LogP contribution in [-0.4, -0.2) is 81.7 Å². The monoisotopic (exact) mass is 484 g/mol. The van der Waals surface area contributed by atoms with Crippen molar-refractivity contribution in [3.05, 3.63) is 54.3 Å². The first-order valence-corrected chi connectivity index (χ1v) is 11.9. The smallest absolute Gasteiger partial charge is 0.414 e. The van der Waals surface area contributed by atoms with Crippen LogP contribution in [0.5, 0.6) is 5.75 Å². The molecule has 0 bridgehead atoms. The van der Waals surface area contributed by atoms with E-state index >= 15 is 0 Å². The van der Waals surface area contributed by atoms with E-state index in [-0.39, 0.29) is 5.60 Å². The van der Waals surface area contributed by atoms with Gasteiger partial charge in [0.1, 0.15) is 18.5 Å². The summed E-state index contributed by atoms with van der Waals surface area (Å²) in [6, 6.07) is 7.96. The van der Waals surface area contributed by atoms with Gasteiger partial charge in [0.15, 0.2) is 0 Å². The lowest BCUT2D eigenvalue weighted by Crippen LogP contribution is -2.52. The van der Waals surface area contributed by atoms with E-state index in [1.165, 1.54) is 5.57 Å². The molecule has 5 rings (SSSR count). The molecule has 2 fully saturated rings. The van der Waals surface area contributed by atoms with Gasteiger partial charge >= 0.3 is 11.9 Å². The number of aliphatic hydroxyl groups excluding tert-OH is 1. The number of carboxylic acid groups (broad SMARTS) is 2. The molecule has 2 saturated heterocycles. The second-order valence-electron chi connectivity index (χ2n) is 9.19. The molecule has 2 atom stereocenters. The third-order valence-electron chi connectivity index (χ3n) is 6.94. The Bertz CT molecular complexity index is 1090. The van der Waals surface area contributed by atoms with E-state index < -0.39 is 18.0 Å². The van der Waals surface area contributed by atoms with Crippen molar-refractivity contribution in [3.63, 3.8) is 0 Å². The number of aliphatic carboxylic acids is 2. The second kappa shape index (κ2) is 11.1. The lowest BCUT2D eigenvalue weighted by atomic mass is 9.72. The van der Waals surface area contributed by atoms with Gasteiger partial charge < -0.3 is 34.7 Å². The molecule has 4 N–H and O–H groups in total. The van der Waals surface area contributed by atoms with E-state index in [9.17, 15) is 5.11 Å². The number of benzene rings is 1. The molecule has 1 aromatic heterocycles. The van der Waals surface area contributed by atoms with Crippen LogP contribution in [0.1, 0.15) is 25.7 Å². The number of piperidine rings is 1. The minimum Gasteiger partial charge on any atom is -0.490 e. The standard InChI is InChI=1S/C24H30N2O3.C2H2O4/c27-19(17-28-23-7-3-6-22-20(23)8-12-25-22)16-26-13-10-24(11-14-26)21-5-2-1-4-18(21)9-15-29-24;3-1(4)2(5)6/h1-3,5-8,12,18-19,25,27H,4,9-11,13-17H2;(H,3,4)(H,5,6)/t18?,19-;/m0./s1.